The van der Waals surface area contributed by atoms with Gasteiger partial charge in [-0.1, -0.05) is 12.1 Å². The highest BCUT2D eigenvalue weighted by Gasteiger charge is 2.49. The van der Waals surface area contributed by atoms with Gasteiger partial charge in [-0.05, 0) is 19.9 Å². The molecule has 1 heterocycles. The summed E-state index contributed by atoms with van der Waals surface area (Å²) in [4.78, 5) is 63.2. The molecule has 1 fully saturated rings. The number of amides is 1. The number of aliphatic carboxylic acids is 1. The minimum atomic E-state index is -2.11. The van der Waals surface area contributed by atoms with Crippen LogP contribution in [0.2, 0.25) is 0 Å². The first-order valence-corrected chi connectivity index (χ1v) is 14.3. The number of carboxylic acid groups (broad SMARTS) is 1. The fraction of sp³-hybridized carbons (Fsp3) is 0.452. The van der Waals surface area contributed by atoms with Crippen LogP contribution in [0.15, 0.2) is 18.2 Å². The molecule has 14 nitrogen and oxygen atoms in total. The minimum Gasteiger partial charge on any atom is -0.507 e. The third-order valence-electron chi connectivity index (χ3n) is 8.67. The Morgan fingerprint density at radius 2 is 1.76 bits per heavy atom. The van der Waals surface area contributed by atoms with E-state index in [1.807, 2.05) is 0 Å². The van der Waals surface area contributed by atoms with E-state index in [2.05, 4.69) is 5.32 Å². The number of rotatable bonds is 8. The lowest BCUT2D eigenvalue weighted by Crippen LogP contribution is -2.55. The molecular weight excluding hydrogens is 594 g/mol. The topological polar surface area (TPSA) is 226 Å². The van der Waals surface area contributed by atoms with Gasteiger partial charge in [-0.25, -0.2) is 0 Å². The van der Waals surface area contributed by atoms with Gasteiger partial charge in [-0.15, -0.1) is 0 Å². The molecule has 0 bridgehead atoms. The van der Waals surface area contributed by atoms with Crippen LogP contribution in [0.5, 0.6) is 17.2 Å². The summed E-state index contributed by atoms with van der Waals surface area (Å²) in [5.74, 6) is -5.37. The highest BCUT2D eigenvalue weighted by molar-refractivity contribution is 6.31. The van der Waals surface area contributed by atoms with E-state index in [-0.39, 0.29) is 40.8 Å². The number of carbonyl (C=O) groups is 5. The number of aliphatic hydroxyl groups is 2. The number of nitrogens with one attached hydrogen (secondary N) is 1. The maximum absolute atomic E-state index is 13.8. The van der Waals surface area contributed by atoms with Crippen molar-refractivity contribution in [2.24, 2.45) is 0 Å². The van der Waals surface area contributed by atoms with Crippen molar-refractivity contribution >= 4 is 29.2 Å². The van der Waals surface area contributed by atoms with Gasteiger partial charge in [-0.3, -0.25) is 24.0 Å². The molecule has 0 unspecified atom stereocenters. The number of phenols is 2. The van der Waals surface area contributed by atoms with Crippen LogP contribution in [0, 0.1) is 0 Å². The van der Waals surface area contributed by atoms with Gasteiger partial charge >= 0.3 is 5.97 Å². The Hall–Kier alpha value is -4.37. The van der Waals surface area contributed by atoms with Gasteiger partial charge in [0.1, 0.15) is 29.0 Å². The average Bonchev–Trinajstić information content (AvgIpc) is 2.98. The van der Waals surface area contributed by atoms with E-state index >= 15 is 0 Å². The zero-order valence-electron chi connectivity index (χ0n) is 24.7. The number of ketones is 3. The van der Waals surface area contributed by atoms with Crippen molar-refractivity contribution in [3.8, 4) is 17.2 Å². The van der Waals surface area contributed by atoms with Crippen LogP contribution < -0.4 is 10.1 Å². The highest BCUT2D eigenvalue weighted by atomic mass is 16.7. The predicted octanol–water partition coefficient (Wildman–Crippen LogP) is 1.05. The Balaban J connectivity index is 1.56. The number of Topliss-reactive ketones (excluding diaryl/α,β-unsaturated/α-hetero) is 1. The fourth-order valence-electron chi connectivity index (χ4n) is 6.27. The number of methoxy groups -OCH3 is 1. The predicted molar refractivity (Wildman–Crippen MR) is 151 cm³/mol. The van der Waals surface area contributed by atoms with Crippen LogP contribution in [0.4, 0.5) is 0 Å². The van der Waals surface area contributed by atoms with E-state index in [4.69, 9.17) is 19.3 Å². The van der Waals surface area contributed by atoms with Crippen LogP contribution in [0.3, 0.4) is 0 Å². The van der Waals surface area contributed by atoms with Crippen LogP contribution in [0.25, 0.3) is 0 Å². The number of carbonyl (C=O) groups excluding carboxylic acids is 4. The normalized spacial score (nSPS) is 27.2. The first kappa shape index (κ1) is 32.0. The van der Waals surface area contributed by atoms with Gasteiger partial charge in [0.25, 0.3) is 0 Å². The van der Waals surface area contributed by atoms with Gasteiger partial charge in [0.2, 0.25) is 11.7 Å². The van der Waals surface area contributed by atoms with Crippen molar-refractivity contribution in [2.45, 2.75) is 82.2 Å². The lowest BCUT2D eigenvalue weighted by molar-refractivity contribution is -0.249. The number of aromatic hydroxyl groups is 2. The first-order valence-electron chi connectivity index (χ1n) is 14.3. The van der Waals surface area contributed by atoms with Gasteiger partial charge < -0.3 is 45.1 Å². The molecule has 6 N–H and O–H groups in total. The van der Waals surface area contributed by atoms with Gasteiger partial charge in [0.05, 0.1) is 48.5 Å². The lowest BCUT2D eigenvalue weighted by Gasteiger charge is -2.42. The summed E-state index contributed by atoms with van der Waals surface area (Å²) in [6, 6.07) is 3.40. The second-order valence-corrected chi connectivity index (χ2v) is 11.5. The Morgan fingerprint density at radius 3 is 2.40 bits per heavy atom. The van der Waals surface area contributed by atoms with E-state index in [0.717, 1.165) is 6.92 Å². The van der Waals surface area contributed by atoms with Crippen molar-refractivity contribution in [1.29, 1.82) is 0 Å². The summed E-state index contributed by atoms with van der Waals surface area (Å²) < 4.78 is 17.2. The molecule has 1 aliphatic heterocycles. The van der Waals surface area contributed by atoms with Gasteiger partial charge in [0.15, 0.2) is 17.9 Å². The first-order chi connectivity index (χ1) is 21.2. The molecule has 6 atom stereocenters. The van der Waals surface area contributed by atoms with Crippen LogP contribution in [0.1, 0.15) is 88.6 Å². The van der Waals surface area contributed by atoms with E-state index in [1.165, 1.54) is 32.2 Å². The van der Waals surface area contributed by atoms with Crippen molar-refractivity contribution in [3.63, 3.8) is 0 Å². The minimum absolute atomic E-state index is 0.0634. The third-order valence-corrected chi connectivity index (χ3v) is 8.67. The molecular formula is C31H33NO13. The average molecular weight is 628 g/mol. The molecule has 0 saturated carbocycles. The molecule has 2 aliphatic carbocycles. The molecule has 240 valence electrons. The second kappa shape index (κ2) is 11.9. The Bertz CT molecular complexity index is 1620. The summed E-state index contributed by atoms with van der Waals surface area (Å²) in [5, 5.41) is 56.5. The van der Waals surface area contributed by atoms with Crippen molar-refractivity contribution in [1.82, 2.24) is 5.32 Å². The molecule has 2 aromatic rings. The molecule has 5 rings (SSSR count). The van der Waals surface area contributed by atoms with E-state index in [0.29, 0.717) is 0 Å². The summed E-state index contributed by atoms with van der Waals surface area (Å²) in [5.41, 5.74) is -3.57. The molecule has 1 amide bonds. The molecule has 0 radical (unpaired) electrons. The quantitative estimate of drug-likeness (QED) is 0.192. The molecule has 14 heteroatoms. The summed E-state index contributed by atoms with van der Waals surface area (Å²) in [6.45, 7) is 2.64. The summed E-state index contributed by atoms with van der Waals surface area (Å²) >= 11 is 0. The Morgan fingerprint density at radius 1 is 1.07 bits per heavy atom. The number of hydrogen-bond donors (Lipinski definition) is 6. The van der Waals surface area contributed by atoms with Crippen LogP contribution in [-0.2, 0) is 30.3 Å². The van der Waals surface area contributed by atoms with Gasteiger partial charge in [0, 0.05) is 42.4 Å². The molecule has 45 heavy (non-hydrogen) atoms. The Kier molecular flexibility index (Phi) is 8.44. The van der Waals surface area contributed by atoms with Gasteiger partial charge in [-0.2, -0.15) is 0 Å². The lowest BCUT2D eigenvalue weighted by atomic mass is 9.72. The maximum atomic E-state index is 13.8. The number of ether oxygens (including phenoxy) is 3. The third kappa shape index (κ3) is 5.54. The zero-order valence-corrected chi connectivity index (χ0v) is 24.7. The monoisotopic (exact) mass is 627 g/mol. The number of phenolic OH excluding ortho intramolecular Hbond substituents is 2. The molecule has 0 aromatic heterocycles. The number of hydrogen-bond acceptors (Lipinski definition) is 12. The van der Waals surface area contributed by atoms with Crippen molar-refractivity contribution < 1.29 is 63.7 Å². The van der Waals surface area contributed by atoms with Crippen molar-refractivity contribution in [2.75, 3.05) is 7.11 Å². The van der Waals surface area contributed by atoms with E-state index < -0.39 is 107 Å². The smallest absolute Gasteiger partial charge is 0.303 e. The molecule has 3 aliphatic rings. The number of fused-ring (bicyclic) bond motifs is 3. The standard InChI is InChI=1S/C31H33NO13/c1-12-26(37)16(32-19(34)7-8-20(35)36)9-21(44-12)45-18-11-31(42,13(2)33)10-15-23(18)30(41)25-24(28(15)39)27(38)14-5-4-6-17(43-3)22(14)29(25)40/h4-6,12,16,18,21,26,37,39,41-42H,7-11H2,1-3H3,(H,32,34)(H,35,36)/t12-,16-,18-,21-,26+,31-/m0/s1. The second-order valence-electron chi connectivity index (χ2n) is 11.5. The maximum Gasteiger partial charge on any atom is 0.303 e. The largest absolute Gasteiger partial charge is 0.507 e. The Labute approximate surface area is 256 Å². The molecule has 1 saturated heterocycles. The number of aliphatic hydroxyl groups excluding tert-OH is 1. The number of carboxylic acids is 1. The van der Waals surface area contributed by atoms with Crippen molar-refractivity contribution in [3.05, 3.63) is 51.6 Å². The number of benzene rings is 2. The molecule has 2 aromatic carbocycles. The fourth-order valence-corrected chi connectivity index (χ4v) is 6.27. The van der Waals surface area contributed by atoms with E-state index in [9.17, 15) is 44.4 Å². The van der Waals surface area contributed by atoms with Crippen LogP contribution >= 0.6 is 0 Å². The zero-order chi connectivity index (χ0) is 33.0. The summed E-state index contributed by atoms with van der Waals surface area (Å²) in [7, 11) is 1.31. The van der Waals surface area contributed by atoms with Crippen LogP contribution in [-0.4, -0.2) is 92.0 Å². The SMILES string of the molecule is COc1cccc2c1C(=O)c1c(O)c3c(c(O)c1C2=O)C[C@@](O)(C(C)=O)C[C@@H]3O[C@H]1C[C@H](NC(=O)CCC(=O)O)[C@H](O)[C@H](C)O1. The molecule has 0 spiro atoms. The highest BCUT2D eigenvalue weighted by Crippen LogP contribution is 2.52. The summed E-state index contributed by atoms with van der Waals surface area (Å²) in [6.07, 6.45) is -6.55. The van der Waals surface area contributed by atoms with E-state index in [1.54, 1.807) is 0 Å².